The van der Waals surface area contributed by atoms with E-state index in [2.05, 4.69) is 10.1 Å². The van der Waals surface area contributed by atoms with Crippen LogP contribution in [0.1, 0.15) is 6.92 Å². The minimum absolute atomic E-state index is 0.706. The molecule has 10 heteroatoms. The third kappa shape index (κ3) is 2.38. The van der Waals surface area contributed by atoms with Crippen LogP contribution in [-0.4, -0.2) is 63.0 Å². The molecule has 1 unspecified atom stereocenters. The molecule has 1 heterocycles. The summed E-state index contributed by atoms with van der Waals surface area (Å²) in [6, 6.07) is -1.55. The number of Topliss-reactive ketones (excluding diaryl/α,β-unsaturated/α-hetero) is 1. The Bertz CT molecular complexity index is 373. The van der Waals surface area contributed by atoms with Gasteiger partial charge < -0.3 is 25.2 Å². The van der Waals surface area contributed by atoms with Gasteiger partial charge in [0.25, 0.3) is 5.79 Å². The molecular formula is C8H14N4O6. The molecule has 0 saturated carbocycles. The van der Waals surface area contributed by atoms with Crippen molar-refractivity contribution < 1.29 is 30.0 Å². The molecule has 0 aromatic heterocycles. The first-order valence-electron chi connectivity index (χ1n) is 5.06. The number of aliphatic hydroxyl groups is 4. The zero-order valence-corrected chi connectivity index (χ0v) is 9.46. The summed E-state index contributed by atoms with van der Waals surface area (Å²) in [4.78, 5) is 13.7. The molecule has 0 aromatic carbocycles. The molecule has 0 radical (unpaired) electrons. The summed E-state index contributed by atoms with van der Waals surface area (Å²) in [6.07, 6.45) is -4.56. The Balaban J connectivity index is 3.09. The molecule has 1 aliphatic heterocycles. The zero-order valence-electron chi connectivity index (χ0n) is 9.46. The van der Waals surface area contributed by atoms with E-state index in [-0.39, 0.29) is 0 Å². The highest BCUT2D eigenvalue weighted by atomic mass is 16.7. The largest absolute Gasteiger partial charge is 0.394 e. The monoisotopic (exact) mass is 262 g/mol. The maximum atomic E-state index is 11.4. The van der Waals surface area contributed by atoms with Gasteiger partial charge in [0.2, 0.25) is 0 Å². The van der Waals surface area contributed by atoms with Gasteiger partial charge in [-0.2, -0.15) is 4.91 Å². The number of hydrogen-bond donors (Lipinski definition) is 5. The Labute approximate surface area is 101 Å². The van der Waals surface area contributed by atoms with Crippen LogP contribution >= 0.6 is 0 Å². The van der Waals surface area contributed by atoms with Crippen molar-refractivity contribution >= 4 is 5.78 Å². The fourth-order valence-electron chi connectivity index (χ4n) is 1.72. The van der Waals surface area contributed by atoms with Crippen molar-refractivity contribution in [2.24, 2.45) is 5.22 Å². The normalized spacial score (nSPS) is 39.8. The number of carbonyl (C=O) groups is 1. The Morgan fingerprint density at radius 3 is 2.61 bits per heavy atom. The molecule has 0 spiro atoms. The van der Waals surface area contributed by atoms with Gasteiger partial charge in [0.05, 0.1) is 6.61 Å². The predicted molar refractivity (Wildman–Crippen MR) is 55.7 cm³/mol. The summed E-state index contributed by atoms with van der Waals surface area (Å²) in [6.45, 7) is 0.283. The summed E-state index contributed by atoms with van der Waals surface area (Å²) in [5, 5.41) is 41.2. The lowest BCUT2D eigenvalue weighted by atomic mass is 9.89. The van der Waals surface area contributed by atoms with Gasteiger partial charge >= 0.3 is 0 Å². The van der Waals surface area contributed by atoms with E-state index in [0.717, 1.165) is 6.92 Å². The second-order valence-corrected chi connectivity index (χ2v) is 3.87. The number of ketones is 1. The standard InChI is InChI=1S/C8H14N4O6/c1-3(14)8(17)7(10-12-11-9)6(16)5(15)4(2-13)18-8/h4-7,10,13,15-17H,2H2,1H3/t4-,5-,6+,7-,8?/m1/s1. The molecule has 1 saturated heterocycles. The van der Waals surface area contributed by atoms with Crippen LogP contribution in [0.4, 0.5) is 0 Å². The van der Waals surface area contributed by atoms with E-state index in [1.807, 2.05) is 5.43 Å². The van der Waals surface area contributed by atoms with Crippen LogP contribution in [0.5, 0.6) is 0 Å². The minimum atomic E-state index is -2.51. The number of carbonyl (C=O) groups excluding carboxylic acids is 1. The maximum absolute atomic E-state index is 11.4. The van der Waals surface area contributed by atoms with Gasteiger partial charge in [0, 0.05) is 6.92 Å². The highest BCUT2D eigenvalue weighted by Gasteiger charge is 2.58. The molecule has 5 N–H and O–H groups in total. The van der Waals surface area contributed by atoms with E-state index >= 15 is 0 Å². The van der Waals surface area contributed by atoms with E-state index in [4.69, 9.17) is 15.4 Å². The van der Waals surface area contributed by atoms with Crippen molar-refractivity contribution in [3.63, 3.8) is 0 Å². The fraction of sp³-hybridized carbons (Fsp3) is 0.875. The molecule has 18 heavy (non-hydrogen) atoms. The Morgan fingerprint density at radius 1 is 1.56 bits per heavy atom. The van der Waals surface area contributed by atoms with Gasteiger partial charge in [-0.3, -0.25) is 4.79 Å². The lowest BCUT2D eigenvalue weighted by Gasteiger charge is -2.43. The molecular weight excluding hydrogens is 248 g/mol. The van der Waals surface area contributed by atoms with Crippen LogP contribution < -0.4 is 5.43 Å². The van der Waals surface area contributed by atoms with Crippen LogP contribution in [0, 0.1) is 0 Å². The van der Waals surface area contributed by atoms with Gasteiger partial charge in [0.1, 0.15) is 18.3 Å². The summed E-state index contributed by atoms with van der Waals surface area (Å²) < 4.78 is 4.88. The third-order valence-corrected chi connectivity index (χ3v) is 2.75. The molecule has 1 aliphatic rings. The summed E-state index contributed by atoms with van der Waals surface area (Å²) in [7, 11) is 0. The average Bonchev–Trinajstić information content (AvgIpc) is 2.33. The van der Waals surface area contributed by atoms with E-state index < -0.39 is 42.5 Å². The van der Waals surface area contributed by atoms with Crippen LogP contribution in [0.2, 0.25) is 0 Å². The minimum Gasteiger partial charge on any atom is -0.394 e. The number of rotatable bonds is 4. The van der Waals surface area contributed by atoms with Crippen molar-refractivity contribution in [1.29, 1.82) is 0 Å². The molecule has 10 nitrogen and oxygen atoms in total. The first kappa shape index (κ1) is 14.6. The van der Waals surface area contributed by atoms with Crippen molar-refractivity contribution in [3.8, 4) is 0 Å². The summed E-state index contributed by atoms with van der Waals surface area (Å²) in [5.74, 6) is -3.39. The van der Waals surface area contributed by atoms with Gasteiger partial charge in [-0.05, 0) is 5.22 Å². The fourth-order valence-corrected chi connectivity index (χ4v) is 1.72. The van der Waals surface area contributed by atoms with Crippen molar-refractivity contribution in [3.05, 3.63) is 10.4 Å². The van der Waals surface area contributed by atoms with Crippen LogP contribution in [-0.2, 0) is 9.53 Å². The third-order valence-electron chi connectivity index (χ3n) is 2.75. The van der Waals surface area contributed by atoms with Gasteiger partial charge in [-0.25, -0.2) is 5.43 Å². The molecule has 5 atom stereocenters. The second kappa shape index (κ2) is 5.48. The zero-order chi connectivity index (χ0) is 13.9. The predicted octanol–water partition coefficient (Wildman–Crippen LogP) is -2.44. The Hall–Kier alpha value is -1.42. The Morgan fingerprint density at radius 2 is 2.17 bits per heavy atom. The molecule has 0 aliphatic carbocycles. The number of hydrogen-bond acceptors (Lipinski definition) is 7. The maximum Gasteiger partial charge on any atom is 0.271 e. The van der Waals surface area contributed by atoms with Crippen molar-refractivity contribution in [2.75, 3.05) is 6.61 Å². The number of nitrogens with zero attached hydrogens (tertiary/aromatic N) is 3. The lowest BCUT2D eigenvalue weighted by Crippen LogP contribution is -2.71. The first-order chi connectivity index (χ1) is 8.38. The molecule has 0 amide bonds. The van der Waals surface area contributed by atoms with Crippen LogP contribution in [0.3, 0.4) is 0 Å². The number of aliphatic hydroxyl groups excluding tert-OH is 3. The number of nitrogens with one attached hydrogen (secondary N) is 1. The van der Waals surface area contributed by atoms with Gasteiger partial charge in [-0.15, -0.1) is 5.53 Å². The first-order valence-corrected chi connectivity index (χ1v) is 5.06. The van der Waals surface area contributed by atoms with E-state index in [1.54, 1.807) is 0 Å². The van der Waals surface area contributed by atoms with Gasteiger partial charge in [0.15, 0.2) is 11.8 Å². The van der Waals surface area contributed by atoms with Crippen LogP contribution in [0.25, 0.3) is 10.4 Å². The quantitative estimate of drug-likeness (QED) is 0.162. The van der Waals surface area contributed by atoms with Gasteiger partial charge in [-0.1, -0.05) is 0 Å². The second-order valence-electron chi connectivity index (χ2n) is 3.87. The smallest absolute Gasteiger partial charge is 0.271 e. The molecule has 1 rings (SSSR count). The molecule has 0 bridgehead atoms. The summed E-state index contributed by atoms with van der Waals surface area (Å²) >= 11 is 0. The van der Waals surface area contributed by atoms with Crippen molar-refractivity contribution in [1.82, 2.24) is 5.43 Å². The van der Waals surface area contributed by atoms with E-state index in [9.17, 15) is 20.1 Å². The molecule has 1 fully saturated rings. The van der Waals surface area contributed by atoms with Crippen LogP contribution in [0.15, 0.2) is 5.22 Å². The molecule has 102 valence electrons. The lowest BCUT2D eigenvalue weighted by molar-refractivity contribution is -0.301. The van der Waals surface area contributed by atoms with E-state index in [1.165, 1.54) is 0 Å². The highest BCUT2D eigenvalue weighted by Crippen LogP contribution is 2.29. The van der Waals surface area contributed by atoms with E-state index in [0.29, 0.717) is 0 Å². The topological polar surface area (TPSA) is 168 Å². The summed E-state index contributed by atoms with van der Waals surface area (Å²) in [5.41, 5.74) is 10.1. The van der Waals surface area contributed by atoms with Crippen molar-refractivity contribution in [2.45, 2.75) is 37.1 Å². The highest BCUT2D eigenvalue weighted by molar-refractivity contribution is 5.84. The Kier molecular flexibility index (Phi) is 4.46. The molecule has 0 aromatic rings. The number of ether oxygens (including phenoxy) is 1. The average molecular weight is 262 g/mol. The SMILES string of the molecule is CC(=O)C1(O)O[C@H](CO)[C@@H](O)[C@H](O)[C@H]1NN=[N+]=[N-]. The number of azide groups is 1.